The van der Waals surface area contributed by atoms with Gasteiger partial charge in [-0.15, -0.1) is 11.3 Å². The molecule has 1 aliphatic rings. The monoisotopic (exact) mass is 340 g/mol. The average molecular weight is 340 g/mol. The Labute approximate surface area is 144 Å². The number of benzene rings is 1. The standard InChI is InChI=1S/C18H20N4OS/c1-18(6-2-3-7-18)10-19-17(23)16-13(9-21-22-16)12-4-5-15-14(8-12)20-11-24-15/h4-5,8-9,11H,2-3,6-7,10H2,1H3,(H,19,23)(H,21,22). The highest BCUT2D eigenvalue weighted by atomic mass is 32.1. The number of rotatable bonds is 4. The van der Waals surface area contributed by atoms with E-state index >= 15 is 0 Å². The molecular weight excluding hydrogens is 320 g/mol. The van der Waals surface area contributed by atoms with Crippen LogP contribution in [0.4, 0.5) is 0 Å². The van der Waals surface area contributed by atoms with Crippen LogP contribution >= 0.6 is 11.3 Å². The summed E-state index contributed by atoms with van der Waals surface area (Å²) >= 11 is 1.61. The van der Waals surface area contributed by atoms with E-state index in [-0.39, 0.29) is 11.3 Å². The van der Waals surface area contributed by atoms with Crippen LogP contribution in [0, 0.1) is 5.41 Å². The van der Waals surface area contributed by atoms with Gasteiger partial charge in [0.25, 0.3) is 5.91 Å². The minimum atomic E-state index is -0.0889. The Morgan fingerprint density at radius 2 is 2.21 bits per heavy atom. The van der Waals surface area contributed by atoms with Crippen molar-refractivity contribution < 1.29 is 4.79 Å². The normalized spacial score (nSPS) is 16.5. The van der Waals surface area contributed by atoms with Gasteiger partial charge in [0, 0.05) is 12.1 Å². The van der Waals surface area contributed by atoms with Crippen LogP contribution in [0.5, 0.6) is 0 Å². The number of hydrogen-bond donors (Lipinski definition) is 2. The van der Waals surface area contributed by atoms with Crippen molar-refractivity contribution in [3.8, 4) is 11.1 Å². The Bertz CT molecular complexity index is 876. The van der Waals surface area contributed by atoms with E-state index in [1.54, 1.807) is 17.5 Å². The average Bonchev–Trinajstić information content (AvgIpc) is 3.32. The zero-order chi connectivity index (χ0) is 16.6. The predicted octanol–water partition coefficient (Wildman–Crippen LogP) is 4.00. The van der Waals surface area contributed by atoms with Gasteiger partial charge in [-0.2, -0.15) is 5.10 Å². The number of aromatic nitrogens is 3. The molecule has 0 saturated heterocycles. The largest absolute Gasteiger partial charge is 0.350 e. The van der Waals surface area contributed by atoms with Gasteiger partial charge in [0.2, 0.25) is 0 Å². The van der Waals surface area contributed by atoms with Gasteiger partial charge in [0.15, 0.2) is 0 Å². The highest BCUT2D eigenvalue weighted by Crippen LogP contribution is 2.36. The molecule has 1 amide bonds. The molecule has 0 radical (unpaired) electrons. The molecule has 124 valence electrons. The SMILES string of the molecule is CC1(CNC(=O)c2[nH]ncc2-c2ccc3scnc3c2)CCCC1. The lowest BCUT2D eigenvalue weighted by atomic mass is 9.89. The Kier molecular flexibility index (Phi) is 3.84. The number of carbonyl (C=O) groups is 1. The molecule has 1 aliphatic carbocycles. The first-order chi connectivity index (χ1) is 11.6. The number of H-pyrrole nitrogens is 1. The maximum atomic E-state index is 12.6. The fraction of sp³-hybridized carbons (Fsp3) is 0.389. The maximum Gasteiger partial charge on any atom is 0.269 e. The highest BCUT2D eigenvalue weighted by molar-refractivity contribution is 7.16. The highest BCUT2D eigenvalue weighted by Gasteiger charge is 2.29. The third kappa shape index (κ3) is 2.82. The smallest absolute Gasteiger partial charge is 0.269 e. The quantitative estimate of drug-likeness (QED) is 0.754. The maximum absolute atomic E-state index is 12.6. The summed E-state index contributed by atoms with van der Waals surface area (Å²) in [6, 6.07) is 6.06. The van der Waals surface area contributed by atoms with E-state index in [9.17, 15) is 4.79 Å². The molecule has 0 atom stereocenters. The van der Waals surface area contributed by atoms with Crippen LogP contribution in [-0.2, 0) is 0 Å². The second-order valence-electron chi connectivity index (χ2n) is 6.89. The summed E-state index contributed by atoms with van der Waals surface area (Å²) < 4.78 is 1.14. The molecule has 2 aromatic heterocycles. The zero-order valence-corrected chi connectivity index (χ0v) is 14.4. The molecular formula is C18H20N4OS. The summed E-state index contributed by atoms with van der Waals surface area (Å²) in [6.07, 6.45) is 6.59. The molecule has 2 heterocycles. The molecule has 2 N–H and O–H groups in total. The van der Waals surface area contributed by atoms with Crippen LogP contribution in [0.3, 0.4) is 0 Å². The molecule has 24 heavy (non-hydrogen) atoms. The van der Waals surface area contributed by atoms with Gasteiger partial charge in [0.05, 0.1) is 21.9 Å². The molecule has 0 spiro atoms. The lowest BCUT2D eigenvalue weighted by molar-refractivity contribution is 0.0930. The molecule has 1 aromatic carbocycles. The number of thiazole rings is 1. The number of fused-ring (bicyclic) bond motifs is 1. The van der Waals surface area contributed by atoms with Crippen molar-refractivity contribution in [1.29, 1.82) is 0 Å². The number of aromatic amines is 1. The van der Waals surface area contributed by atoms with Crippen LogP contribution in [-0.4, -0.2) is 27.6 Å². The lowest BCUT2D eigenvalue weighted by Crippen LogP contribution is -2.34. The van der Waals surface area contributed by atoms with Gasteiger partial charge in [-0.1, -0.05) is 25.8 Å². The Balaban J connectivity index is 1.56. The van der Waals surface area contributed by atoms with Crippen LogP contribution in [0.25, 0.3) is 21.3 Å². The molecule has 5 nitrogen and oxygen atoms in total. The number of carbonyl (C=O) groups excluding carboxylic acids is 1. The second-order valence-corrected chi connectivity index (χ2v) is 7.78. The van der Waals surface area contributed by atoms with Crippen LogP contribution in [0.2, 0.25) is 0 Å². The molecule has 1 saturated carbocycles. The Morgan fingerprint density at radius 3 is 3.04 bits per heavy atom. The first kappa shape index (κ1) is 15.3. The second kappa shape index (κ2) is 6.02. The summed E-state index contributed by atoms with van der Waals surface area (Å²) in [5.74, 6) is -0.0889. The minimum Gasteiger partial charge on any atom is -0.350 e. The molecule has 3 aromatic rings. The van der Waals surface area contributed by atoms with Crippen molar-refractivity contribution in [2.75, 3.05) is 6.54 Å². The molecule has 6 heteroatoms. The number of nitrogens with one attached hydrogen (secondary N) is 2. The summed E-state index contributed by atoms with van der Waals surface area (Å²) in [5.41, 5.74) is 5.31. The van der Waals surface area contributed by atoms with Gasteiger partial charge in [-0.3, -0.25) is 9.89 Å². The first-order valence-electron chi connectivity index (χ1n) is 8.30. The topological polar surface area (TPSA) is 70.7 Å². The lowest BCUT2D eigenvalue weighted by Gasteiger charge is -2.23. The van der Waals surface area contributed by atoms with E-state index in [1.807, 2.05) is 23.7 Å². The van der Waals surface area contributed by atoms with Gasteiger partial charge >= 0.3 is 0 Å². The van der Waals surface area contributed by atoms with Crippen molar-refractivity contribution in [1.82, 2.24) is 20.5 Å². The van der Waals surface area contributed by atoms with Crippen molar-refractivity contribution >= 4 is 27.5 Å². The zero-order valence-electron chi connectivity index (χ0n) is 13.6. The van der Waals surface area contributed by atoms with E-state index in [4.69, 9.17) is 0 Å². The van der Waals surface area contributed by atoms with Crippen molar-refractivity contribution in [3.63, 3.8) is 0 Å². The summed E-state index contributed by atoms with van der Waals surface area (Å²) in [4.78, 5) is 17.0. The third-order valence-electron chi connectivity index (χ3n) is 4.99. The molecule has 4 rings (SSSR count). The van der Waals surface area contributed by atoms with Crippen LogP contribution < -0.4 is 5.32 Å². The van der Waals surface area contributed by atoms with Crippen molar-refractivity contribution in [3.05, 3.63) is 35.6 Å². The van der Waals surface area contributed by atoms with E-state index < -0.39 is 0 Å². The Hall–Kier alpha value is -2.21. The minimum absolute atomic E-state index is 0.0889. The number of amides is 1. The van der Waals surface area contributed by atoms with E-state index in [0.29, 0.717) is 5.69 Å². The van der Waals surface area contributed by atoms with Crippen LogP contribution in [0.1, 0.15) is 43.1 Å². The van der Waals surface area contributed by atoms with Gasteiger partial charge in [0.1, 0.15) is 5.69 Å². The van der Waals surface area contributed by atoms with E-state index in [0.717, 1.165) is 27.9 Å². The summed E-state index contributed by atoms with van der Waals surface area (Å²) in [6.45, 7) is 2.97. The molecule has 0 aliphatic heterocycles. The molecule has 0 unspecified atom stereocenters. The molecule has 1 fully saturated rings. The third-order valence-corrected chi connectivity index (χ3v) is 5.80. The van der Waals surface area contributed by atoms with Crippen molar-refractivity contribution in [2.24, 2.45) is 5.41 Å². The number of hydrogen-bond acceptors (Lipinski definition) is 4. The van der Waals surface area contributed by atoms with Gasteiger partial charge < -0.3 is 5.32 Å². The van der Waals surface area contributed by atoms with E-state index in [1.165, 1.54) is 25.7 Å². The Morgan fingerprint density at radius 1 is 1.38 bits per heavy atom. The fourth-order valence-electron chi connectivity index (χ4n) is 3.49. The molecule has 0 bridgehead atoms. The first-order valence-corrected chi connectivity index (χ1v) is 9.18. The summed E-state index contributed by atoms with van der Waals surface area (Å²) in [7, 11) is 0. The van der Waals surface area contributed by atoms with E-state index in [2.05, 4.69) is 27.4 Å². The van der Waals surface area contributed by atoms with Crippen molar-refractivity contribution in [2.45, 2.75) is 32.6 Å². The predicted molar refractivity (Wildman–Crippen MR) is 96.1 cm³/mol. The summed E-state index contributed by atoms with van der Waals surface area (Å²) in [5, 5.41) is 10.0. The van der Waals surface area contributed by atoms with Gasteiger partial charge in [-0.25, -0.2) is 4.98 Å². The number of nitrogens with zero attached hydrogens (tertiary/aromatic N) is 2. The van der Waals surface area contributed by atoms with Crippen LogP contribution in [0.15, 0.2) is 29.9 Å². The van der Waals surface area contributed by atoms with Gasteiger partial charge in [-0.05, 0) is 36.0 Å². The fourth-order valence-corrected chi connectivity index (χ4v) is 4.15.